The first kappa shape index (κ1) is 13.6. The second-order valence-corrected chi connectivity index (χ2v) is 4.76. The van der Waals surface area contributed by atoms with Crippen LogP contribution >= 0.6 is 11.6 Å². The second kappa shape index (κ2) is 6.36. The van der Waals surface area contributed by atoms with Gasteiger partial charge in [-0.25, -0.2) is 4.39 Å². The first-order valence-corrected chi connectivity index (χ1v) is 6.48. The SMILES string of the molecule is COc1cc([C@H](CF)N2CCNCC2)ccc1Cl. The molecule has 1 N–H and O–H groups in total. The number of halogens is 2. The minimum atomic E-state index is -0.398. The van der Waals surface area contributed by atoms with Gasteiger partial charge < -0.3 is 10.1 Å². The molecule has 0 aromatic heterocycles. The summed E-state index contributed by atoms with van der Waals surface area (Å²) >= 11 is 5.99. The molecular formula is C13H18ClFN2O. The van der Waals surface area contributed by atoms with Crippen molar-refractivity contribution >= 4 is 11.6 Å². The number of alkyl halides is 1. The molecule has 0 spiro atoms. The van der Waals surface area contributed by atoms with Crippen molar-refractivity contribution in [1.82, 2.24) is 10.2 Å². The average Bonchev–Trinajstić information content (AvgIpc) is 2.42. The van der Waals surface area contributed by atoms with E-state index < -0.39 is 6.67 Å². The molecule has 0 unspecified atom stereocenters. The van der Waals surface area contributed by atoms with Crippen molar-refractivity contribution in [3.8, 4) is 5.75 Å². The van der Waals surface area contributed by atoms with Gasteiger partial charge in [0.05, 0.1) is 18.2 Å². The molecule has 1 aromatic rings. The van der Waals surface area contributed by atoms with Crippen LogP contribution in [0.3, 0.4) is 0 Å². The Labute approximate surface area is 112 Å². The molecule has 1 heterocycles. The van der Waals surface area contributed by atoms with E-state index in [1.54, 1.807) is 13.2 Å². The first-order valence-electron chi connectivity index (χ1n) is 6.10. The predicted molar refractivity (Wildman–Crippen MR) is 71.2 cm³/mol. The lowest BCUT2D eigenvalue weighted by Crippen LogP contribution is -2.45. The van der Waals surface area contributed by atoms with Crippen LogP contribution < -0.4 is 10.1 Å². The maximum Gasteiger partial charge on any atom is 0.137 e. The minimum Gasteiger partial charge on any atom is -0.495 e. The number of methoxy groups -OCH3 is 1. The van der Waals surface area contributed by atoms with E-state index in [9.17, 15) is 4.39 Å². The maximum atomic E-state index is 13.3. The Balaban J connectivity index is 2.20. The Hall–Kier alpha value is -0.840. The molecule has 18 heavy (non-hydrogen) atoms. The lowest BCUT2D eigenvalue weighted by Gasteiger charge is -2.33. The van der Waals surface area contributed by atoms with Crippen LogP contribution in [0.4, 0.5) is 4.39 Å². The molecule has 1 aliphatic rings. The molecule has 0 amide bonds. The van der Waals surface area contributed by atoms with Crippen LogP contribution in [0.25, 0.3) is 0 Å². The zero-order valence-electron chi connectivity index (χ0n) is 10.5. The predicted octanol–water partition coefficient (Wildman–Crippen LogP) is 2.26. The summed E-state index contributed by atoms with van der Waals surface area (Å²) in [4.78, 5) is 2.15. The quantitative estimate of drug-likeness (QED) is 0.910. The zero-order valence-corrected chi connectivity index (χ0v) is 11.2. The van der Waals surface area contributed by atoms with Gasteiger partial charge in [0.15, 0.2) is 0 Å². The van der Waals surface area contributed by atoms with Crippen molar-refractivity contribution in [2.24, 2.45) is 0 Å². The second-order valence-electron chi connectivity index (χ2n) is 4.35. The standard InChI is InChI=1S/C13H18ClFN2O/c1-18-13-8-10(2-3-11(13)14)12(9-15)17-6-4-16-5-7-17/h2-3,8,12,16H,4-7,9H2,1H3/t12-/m0/s1. The largest absolute Gasteiger partial charge is 0.495 e. The van der Waals surface area contributed by atoms with Gasteiger partial charge in [0, 0.05) is 26.2 Å². The van der Waals surface area contributed by atoms with Crippen LogP contribution in [0, 0.1) is 0 Å². The van der Waals surface area contributed by atoms with Gasteiger partial charge in [-0.2, -0.15) is 0 Å². The molecule has 1 aliphatic heterocycles. The summed E-state index contributed by atoms with van der Waals surface area (Å²) < 4.78 is 18.5. The molecule has 0 saturated carbocycles. The number of ether oxygens (including phenoxy) is 1. The molecule has 0 bridgehead atoms. The van der Waals surface area contributed by atoms with E-state index >= 15 is 0 Å². The summed E-state index contributed by atoms with van der Waals surface area (Å²) in [5.74, 6) is 0.600. The summed E-state index contributed by atoms with van der Waals surface area (Å²) in [7, 11) is 1.57. The fourth-order valence-electron chi connectivity index (χ4n) is 2.27. The Morgan fingerprint density at radius 1 is 1.44 bits per heavy atom. The van der Waals surface area contributed by atoms with Crippen LogP contribution in [0.5, 0.6) is 5.75 Å². The monoisotopic (exact) mass is 272 g/mol. The van der Waals surface area contributed by atoms with Gasteiger partial charge in [-0.05, 0) is 17.7 Å². The van der Waals surface area contributed by atoms with Gasteiger partial charge in [0.25, 0.3) is 0 Å². The van der Waals surface area contributed by atoms with Crippen molar-refractivity contribution in [3.05, 3.63) is 28.8 Å². The molecule has 2 rings (SSSR count). The van der Waals surface area contributed by atoms with E-state index in [1.807, 2.05) is 12.1 Å². The highest BCUT2D eigenvalue weighted by Crippen LogP contribution is 2.30. The first-order chi connectivity index (χ1) is 8.76. The van der Waals surface area contributed by atoms with E-state index in [0.717, 1.165) is 31.7 Å². The Bertz CT molecular complexity index is 397. The van der Waals surface area contributed by atoms with Crippen LogP contribution in [0.1, 0.15) is 11.6 Å². The third-order valence-electron chi connectivity index (χ3n) is 3.30. The third-order valence-corrected chi connectivity index (χ3v) is 3.61. The van der Waals surface area contributed by atoms with Gasteiger partial charge in [0.2, 0.25) is 0 Å². The highest BCUT2D eigenvalue weighted by molar-refractivity contribution is 6.32. The lowest BCUT2D eigenvalue weighted by atomic mass is 10.1. The minimum absolute atomic E-state index is 0.210. The summed E-state index contributed by atoms with van der Waals surface area (Å²) in [5, 5.41) is 3.82. The van der Waals surface area contributed by atoms with Crippen molar-refractivity contribution < 1.29 is 9.13 Å². The summed E-state index contributed by atoms with van der Waals surface area (Å²) in [6.45, 7) is 3.13. The van der Waals surface area contributed by atoms with Crippen molar-refractivity contribution in [2.75, 3.05) is 40.0 Å². The fourth-order valence-corrected chi connectivity index (χ4v) is 2.47. The molecule has 3 nitrogen and oxygen atoms in total. The van der Waals surface area contributed by atoms with Gasteiger partial charge in [-0.1, -0.05) is 17.7 Å². The maximum absolute atomic E-state index is 13.3. The molecule has 1 saturated heterocycles. The molecule has 5 heteroatoms. The smallest absolute Gasteiger partial charge is 0.137 e. The number of piperazine rings is 1. The number of nitrogens with zero attached hydrogens (tertiary/aromatic N) is 1. The van der Waals surface area contributed by atoms with Gasteiger partial charge >= 0.3 is 0 Å². The third kappa shape index (κ3) is 2.94. The van der Waals surface area contributed by atoms with Gasteiger partial charge in [-0.15, -0.1) is 0 Å². The zero-order chi connectivity index (χ0) is 13.0. The van der Waals surface area contributed by atoms with Crippen molar-refractivity contribution in [3.63, 3.8) is 0 Å². The molecule has 1 fully saturated rings. The highest BCUT2D eigenvalue weighted by Gasteiger charge is 2.22. The summed E-state index contributed by atoms with van der Waals surface area (Å²) in [5.41, 5.74) is 0.917. The van der Waals surface area contributed by atoms with Crippen molar-refractivity contribution in [2.45, 2.75) is 6.04 Å². The van der Waals surface area contributed by atoms with E-state index in [4.69, 9.17) is 16.3 Å². The van der Waals surface area contributed by atoms with E-state index in [-0.39, 0.29) is 6.04 Å². The molecule has 1 atom stereocenters. The van der Waals surface area contributed by atoms with Crippen LogP contribution in [-0.2, 0) is 0 Å². The summed E-state index contributed by atoms with van der Waals surface area (Å²) in [6, 6.07) is 5.25. The molecular weight excluding hydrogens is 255 g/mol. The van der Waals surface area contributed by atoms with Crippen LogP contribution in [0.2, 0.25) is 5.02 Å². The van der Waals surface area contributed by atoms with E-state index in [0.29, 0.717) is 10.8 Å². The van der Waals surface area contributed by atoms with Gasteiger partial charge in [-0.3, -0.25) is 4.90 Å². The number of hydrogen-bond acceptors (Lipinski definition) is 3. The average molecular weight is 273 g/mol. The topological polar surface area (TPSA) is 24.5 Å². The van der Waals surface area contributed by atoms with Gasteiger partial charge in [0.1, 0.15) is 12.4 Å². The number of benzene rings is 1. The number of nitrogens with one attached hydrogen (secondary N) is 1. The normalized spacial score (nSPS) is 18.6. The molecule has 0 radical (unpaired) electrons. The number of hydrogen-bond donors (Lipinski definition) is 1. The van der Waals surface area contributed by atoms with E-state index in [2.05, 4.69) is 10.2 Å². The van der Waals surface area contributed by atoms with Crippen molar-refractivity contribution in [1.29, 1.82) is 0 Å². The van der Waals surface area contributed by atoms with E-state index in [1.165, 1.54) is 0 Å². The highest BCUT2D eigenvalue weighted by atomic mass is 35.5. The molecule has 100 valence electrons. The summed E-state index contributed by atoms with van der Waals surface area (Å²) in [6.07, 6.45) is 0. The van der Waals surface area contributed by atoms with Crippen LogP contribution in [-0.4, -0.2) is 44.9 Å². The Kier molecular flexibility index (Phi) is 4.80. The fraction of sp³-hybridized carbons (Fsp3) is 0.538. The molecule has 1 aromatic carbocycles. The Morgan fingerprint density at radius 3 is 2.78 bits per heavy atom. The lowest BCUT2D eigenvalue weighted by molar-refractivity contribution is 0.147. The Morgan fingerprint density at radius 2 is 2.17 bits per heavy atom. The molecule has 0 aliphatic carbocycles. The van der Waals surface area contributed by atoms with Crippen LogP contribution in [0.15, 0.2) is 18.2 Å². The number of rotatable bonds is 4.